The molecule has 0 fully saturated rings. The van der Waals surface area contributed by atoms with Crippen LogP contribution in [0.3, 0.4) is 0 Å². The van der Waals surface area contributed by atoms with Crippen LogP contribution >= 0.6 is 23.2 Å². The van der Waals surface area contributed by atoms with E-state index in [1.165, 1.54) is 0 Å². The molecule has 0 saturated carbocycles. The molecule has 0 aliphatic heterocycles. The minimum atomic E-state index is 0.374. The molecule has 0 amide bonds. The topological polar surface area (TPSA) is 47.6 Å². The fraction of sp³-hybridized carbons (Fsp3) is 0.300. The third kappa shape index (κ3) is 3.38. The van der Waals surface area contributed by atoms with Crippen LogP contribution in [0.15, 0.2) is 23.4 Å². The number of nitrogens with two attached hydrogens (primary N) is 1. The first-order valence-corrected chi connectivity index (χ1v) is 5.23. The highest BCUT2D eigenvalue weighted by Crippen LogP contribution is 2.24. The Morgan fingerprint density at radius 3 is 2.53 bits per heavy atom. The van der Waals surface area contributed by atoms with Gasteiger partial charge < -0.3 is 10.6 Å². The van der Waals surface area contributed by atoms with Gasteiger partial charge in [-0.2, -0.15) is 0 Å². The first-order valence-electron chi connectivity index (χ1n) is 4.48. The van der Waals surface area contributed by atoms with Gasteiger partial charge in [0, 0.05) is 12.1 Å². The Morgan fingerprint density at radius 1 is 1.40 bits per heavy atom. The minimum Gasteiger partial charge on any atom is -0.394 e. The van der Waals surface area contributed by atoms with E-state index in [9.17, 15) is 0 Å². The van der Waals surface area contributed by atoms with Crippen molar-refractivity contribution in [2.45, 2.75) is 6.92 Å². The molecular formula is C10H12Cl2N2O. The van der Waals surface area contributed by atoms with Crippen LogP contribution in [-0.2, 0) is 4.84 Å². The van der Waals surface area contributed by atoms with Gasteiger partial charge in [-0.15, -0.1) is 0 Å². The van der Waals surface area contributed by atoms with E-state index in [0.717, 1.165) is 0 Å². The first-order chi connectivity index (χ1) is 7.16. The van der Waals surface area contributed by atoms with Gasteiger partial charge >= 0.3 is 0 Å². The fourth-order valence-electron chi connectivity index (χ4n) is 1.08. The lowest BCUT2D eigenvalue weighted by Crippen LogP contribution is -2.07. The molecule has 0 atom stereocenters. The molecule has 5 heteroatoms. The summed E-state index contributed by atoms with van der Waals surface area (Å²) in [4.78, 5) is 4.95. The molecule has 0 bridgehead atoms. The molecule has 15 heavy (non-hydrogen) atoms. The number of nitrogens with zero attached hydrogens (tertiary/aromatic N) is 1. The van der Waals surface area contributed by atoms with Gasteiger partial charge in [0.1, 0.15) is 6.61 Å². The number of halogens is 2. The van der Waals surface area contributed by atoms with Crippen molar-refractivity contribution in [2.75, 3.05) is 13.2 Å². The summed E-state index contributed by atoms with van der Waals surface area (Å²) in [6, 6.07) is 5.29. The second-order valence-electron chi connectivity index (χ2n) is 2.90. The van der Waals surface area contributed by atoms with E-state index < -0.39 is 0 Å². The second-order valence-corrected chi connectivity index (χ2v) is 3.71. The van der Waals surface area contributed by atoms with Gasteiger partial charge in [-0.3, -0.25) is 0 Å². The molecule has 0 aliphatic rings. The summed E-state index contributed by atoms with van der Waals surface area (Å²) >= 11 is 12.0. The number of rotatable bonds is 4. The van der Waals surface area contributed by atoms with Crippen molar-refractivity contribution in [3.05, 3.63) is 33.8 Å². The van der Waals surface area contributed by atoms with E-state index in [1.807, 2.05) is 0 Å². The van der Waals surface area contributed by atoms with Crippen LogP contribution in [0.4, 0.5) is 0 Å². The largest absolute Gasteiger partial charge is 0.394 e. The average Bonchev–Trinajstić information content (AvgIpc) is 2.18. The van der Waals surface area contributed by atoms with Crippen molar-refractivity contribution in [2.24, 2.45) is 10.9 Å². The Balaban J connectivity index is 2.90. The van der Waals surface area contributed by atoms with E-state index in [-0.39, 0.29) is 0 Å². The van der Waals surface area contributed by atoms with Gasteiger partial charge in [-0.05, 0) is 19.1 Å². The van der Waals surface area contributed by atoms with E-state index in [4.69, 9.17) is 33.8 Å². The molecule has 1 rings (SSSR count). The Kier molecular flexibility index (Phi) is 4.88. The molecule has 0 spiro atoms. The van der Waals surface area contributed by atoms with Crippen molar-refractivity contribution in [1.82, 2.24) is 0 Å². The molecule has 0 aliphatic carbocycles. The molecule has 0 unspecified atom stereocenters. The number of oxime groups is 1. The van der Waals surface area contributed by atoms with Crippen LogP contribution < -0.4 is 5.73 Å². The maximum absolute atomic E-state index is 5.99. The standard InChI is InChI=1S/C10H12Cl2N2O/c1-7(14-15-6-5-13)10-8(11)3-2-4-9(10)12/h2-4H,5-6,13H2,1H3/b14-7+. The van der Waals surface area contributed by atoms with Gasteiger partial charge in [0.15, 0.2) is 0 Å². The maximum Gasteiger partial charge on any atom is 0.129 e. The molecule has 1 aromatic rings. The quantitative estimate of drug-likeness (QED) is 0.505. The fourth-order valence-corrected chi connectivity index (χ4v) is 1.76. The average molecular weight is 247 g/mol. The summed E-state index contributed by atoms with van der Waals surface area (Å²) in [6.07, 6.45) is 0. The molecule has 0 radical (unpaired) electrons. The maximum atomic E-state index is 5.99. The van der Waals surface area contributed by atoms with E-state index in [0.29, 0.717) is 34.5 Å². The summed E-state index contributed by atoms with van der Waals surface area (Å²) in [5, 5.41) is 4.98. The smallest absolute Gasteiger partial charge is 0.129 e. The summed E-state index contributed by atoms with van der Waals surface area (Å²) in [7, 11) is 0. The molecule has 0 aromatic heterocycles. The van der Waals surface area contributed by atoms with E-state index in [2.05, 4.69) is 5.16 Å². The second kappa shape index (κ2) is 5.95. The Bertz CT molecular complexity index is 346. The zero-order valence-corrected chi connectivity index (χ0v) is 9.85. The molecule has 3 nitrogen and oxygen atoms in total. The molecule has 0 saturated heterocycles. The molecule has 0 heterocycles. The summed E-state index contributed by atoms with van der Waals surface area (Å²) in [5.41, 5.74) is 6.60. The monoisotopic (exact) mass is 246 g/mol. The zero-order valence-electron chi connectivity index (χ0n) is 8.34. The first kappa shape index (κ1) is 12.3. The van der Waals surface area contributed by atoms with Crippen molar-refractivity contribution in [3.63, 3.8) is 0 Å². The lowest BCUT2D eigenvalue weighted by atomic mass is 10.1. The van der Waals surface area contributed by atoms with Gasteiger partial charge in [0.25, 0.3) is 0 Å². The summed E-state index contributed by atoms with van der Waals surface area (Å²) < 4.78 is 0. The predicted octanol–water partition coefficient (Wildman–Crippen LogP) is 2.69. The Hall–Kier alpha value is -0.770. The molecule has 2 N–H and O–H groups in total. The van der Waals surface area contributed by atoms with Gasteiger partial charge in [0.05, 0.1) is 15.8 Å². The van der Waals surface area contributed by atoms with Gasteiger partial charge in [0.2, 0.25) is 0 Å². The SMILES string of the molecule is C/C(=N\OCCN)c1c(Cl)cccc1Cl. The van der Waals surface area contributed by atoms with Crippen LogP contribution in [0.5, 0.6) is 0 Å². The Morgan fingerprint density at radius 2 is 2.00 bits per heavy atom. The van der Waals surface area contributed by atoms with Crippen molar-refractivity contribution < 1.29 is 4.84 Å². The van der Waals surface area contributed by atoms with E-state index in [1.54, 1.807) is 25.1 Å². The number of hydrogen-bond acceptors (Lipinski definition) is 3. The number of hydrogen-bond donors (Lipinski definition) is 1. The van der Waals surface area contributed by atoms with Crippen molar-refractivity contribution in [1.29, 1.82) is 0 Å². The molecular weight excluding hydrogens is 235 g/mol. The minimum absolute atomic E-state index is 0.374. The lowest BCUT2D eigenvalue weighted by Gasteiger charge is -2.05. The van der Waals surface area contributed by atoms with Crippen LogP contribution in [0.2, 0.25) is 10.0 Å². The van der Waals surface area contributed by atoms with Crippen molar-refractivity contribution >= 4 is 28.9 Å². The van der Waals surface area contributed by atoms with Crippen LogP contribution in [0.1, 0.15) is 12.5 Å². The zero-order chi connectivity index (χ0) is 11.3. The molecule has 82 valence electrons. The Labute approximate surface area is 98.8 Å². The van der Waals surface area contributed by atoms with Crippen molar-refractivity contribution in [3.8, 4) is 0 Å². The third-order valence-corrected chi connectivity index (χ3v) is 2.37. The lowest BCUT2D eigenvalue weighted by molar-refractivity contribution is 0.152. The molecule has 1 aromatic carbocycles. The number of benzene rings is 1. The summed E-state index contributed by atoms with van der Waals surface area (Å²) in [6.45, 7) is 2.58. The highest BCUT2D eigenvalue weighted by atomic mass is 35.5. The highest BCUT2D eigenvalue weighted by molar-refractivity contribution is 6.40. The van der Waals surface area contributed by atoms with E-state index >= 15 is 0 Å². The van der Waals surface area contributed by atoms with Gasteiger partial charge in [-0.1, -0.05) is 34.4 Å². The normalized spacial score (nSPS) is 11.6. The highest BCUT2D eigenvalue weighted by Gasteiger charge is 2.08. The van der Waals surface area contributed by atoms with Crippen LogP contribution in [0.25, 0.3) is 0 Å². The third-order valence-electron chi connectivity index (χ3n) is 1.74. The summed E-state index contributed by atoms with van der Waals surface area (Å²) in [5.74, 6) is 0. The van der Waals surface area contributed by atoms with Crippen LogP contribution in [0, 0.1) is 0 Å². The van der Waals surface area contributed by atoms with Gasteiger partial charge in [-0.25, -0.2) is 0 Å². The van der Waals surface area contributed by atoms with Crippen LogP contribution in [-0.4, -0.2) is 18.9 Å². The predicted molar refractivity (Wildman–Crippen MR) is 63.7 cm³/mol.